The molecular formula is C18H14N4O6S2. The van der Waals surface area contributed by atoms with Gasteiger partial charge in [0.1, 0.15) is 5.76 Å². The number of rotatable bonds is 5. The van der Waals surface area contributed by atoms with Crippen molar-refractivity contribution < 1.29 is 22.6 Å². The lowest BCUT2D eigenvalue weighted by atomic mass is 10.1. The van der Waals surface area contributed by atoms with Gasteiger partial charge in [-0.15, -0.1) is 0 Å². The molecule has 2 aromatic carbocycles. The monoisotopic (exact) mass is 446 g/mol. The number of nitrogens with one attached hydrogen (secondary N) is 2. The number of nitrogens with zero attached hydrogens (tertiary/aromatic N) is 1. The van der Waals surface area contributed by atoms with Crippen LogP contribution in [0, 0.1) is 10.1 Å². The third-order valence-corrected chi connectivity index (χ3v) is 5.00. The molecule has 1 heterocycles. The van der Waals surface area contributed by atoms with Crippen molar-refractivity contribution in [1.29, 1.82) is 0 Å². The molecule has 0 spiro atoms. The maximum Gasteiger partial charge on any atom is 0.293 e. The molecule has 1 aromatic heterocycles. The summed E-state index contributed by atoms with van der Waals surface area (Å²) in [6, 6.07) is 14.2. The highest BCUT2D eigenvalue weighted by Crippen LogP contribution is 2.30. The van der Waals surface area contributed by atoms with E-state index in [9.17, 15) is 23.3 Å². The second kappa shape index (κ2) is 8.41. The Bertz CT molecular complexity index is 1240. The van der Waals surface area contributed by atoms with Gasteiger partial charge in [-0.25, -0.2) is 13.6 Å². The Morgan fingerprint density at radius 3 is 2.37 bits per heavy atom. The summed E-state index contributed by atoms with van der Waals surface area (Å²) in [6.45, 7) is 0. The quantitative estimate of drug-likeness (QED) is 0.306. The molecule has 0 aliphatic carbocycles. The molecule has 0 atom stereocenters. The fourth-order valence-electron chi connectivity index (χ4n) is 2.50. The highest BCUT2D eigenvalue weighted by atomic mass is 32.2. The summed E-state index contributed by atoms with van der Waals surface area (Å²) in [7, 11) is -3.82. The smallest absolute Gasteiger partial charge is 0.293 e. The number of benzene rings is 2. The molecule has 0 saturated carbocycles. The molecule has 0 unspecified atom stereocenters. The number of para-hydroxylation sites is 1. The van der Waals surface area contributed by atoms with E-state index in [4.69, 9.17) is 21.8 Å². The molecule has 0 aliphatic rings. The molecule has 0 fully saturated rings. The molecule has 10 nitrogen and oxygen atoms in total. The van der Waals surface area contributed by atoms with Crippen LogP contribution in [0.15, 0.2) is 70.0 Å². The third-order valence-electron chi connectivity index (χ3n) is 3.86. The average Bonchev–Trinajstić information content (AvgIpc) is 3.18. The number of primary sulfonamides is 1. The van der Waals surface area contributed by atoms with Crippen LogP contribution in [0.4, 0.5) is 11.4 Å². The molecule has 154 valence electrons. The van der Waals surface area contributed by atoms with Crippen LogP contribution in [0.5, 0.6) is 0 Å². The van der Waals surface area contributed by atoms with E-state index in [1.165, 1.54) is 54.6 Å². The van der Waals surface area contributed by atoms with Gasteiger partial charge in [0, 0.05) is 11.8 Å². The Morgan fingerprint density at radius 1 is 1.07 bits per heavy atom. The number of carbonyl (C=O) groups is 1. The second-order valence-corrected chi connectivity index (χ2v) is 7.89. The average molecular weight is 446 g/mol. The van der Waals surface area contributed by atoms with Crippen LogP contribution in [0.3, 0.4) is 0 Å². The molecule has 1 amide bonds. The van der Waals surface area contributed by atoms with Crippen LogP contribution < -0.4 is 15.8 Å². The maximum atomic E-state index is 12.3. The van der Waals surface area contributed by atoms with E-state index in [1.807, 2.05) is 0 Å². The number of hydrogen-bond donors (Lipinski definition) is 3. The summed E-state index contributed by atoms with van der Waals surface area (Å²) in [4.78, 5) is 22.9. The van der Waals surface area contributed by atoms with Crippen LogP contribution in [0.1, 0.15) is 10.6 Å². The Morgan fingerprint density at radius 2 is 1.73 bits per heavy atom. The van der Waals surface area contributed by atoms with E-state index in [1.54, 1.807) is 6.07 Å². The van der Waals surface area contributed by atoms with Gasteiger partial charge in [0.05, 0.1) is 15.4 Å². The van der Waals surface area contributed by atoms with Crippen molar-refractivity contribution in [3.63, 3.8) is 0 Å². The molecule has 4 N–H and O–H groups in total. The summed E-state index contributed by atoms with van der Waals surface area (Å²) in [5.74, 6) is -0.611. The number of hydrogen-bond acceptors (Lipinski definition) is 7. The molecule has 30 heavy (non-hydrogen) atoms. The molecular weight excluding hydrogens is 432 g/mol. The van der Waals surface area contributed by atoms with Gasteiger partial charge in [-0.2, -0.15) is 0 Å². The zero-order chi connectivity index (χ0) is 21.9. The first-order valence-corrected chi connectivity index (χ1v) is 10.2. The predicted molar refractivity (Wildman–Crippen MR) is 112 cm³/mol. The minimum atomic E-state index is -3.82. The number of furan rings is 1. The normalized spacial score (nSPS) is 11.0. The van der Waals surface area contributed by atoms with Crippen LogP contribution in [-0.2, 0) is 10.0 Å². The largest absolute Gasteiger partial charge is 0.451 e. The van der Waals surface area contributed by atoms with E-state index in [2.05, 4.69) is 10.6 Å². The van der Waals surface area contributed by atoms with E-state index in [0.717, 1.165) is 0 Å². The van der Waals surface area contributed by atoms with Crippen LogP contribution >= 0.6 is 12.2 Å². The number of nitro benzene ring substituents is 1. The van der Waals surface area contributed by atoms with Crippen molar-refractivity contribution in [2.24, 2.45) is 5.14 Å². The van der Waals surface area contributed by atoms with Crippen LogP contribution in [0.2, 0.25) is 0 Å². The van der Waals surface area contributed by atoms with Crippen molar-refractivity contribution in [3.05, 3.63) is 76.5 Å². The molecule has 3 rings (SSSR count). The predicted octanol–water partition coefficient (Wildman–Crippen LogP) is 2.63. The highest BCUT2D eigenvalue weighted by molar-refractivity contribution is 7.89. The molecule has 0 aliphatic heterocycles. The number of thiocarbonyl (C=S) groups is 1. The zero-order valence-electron chi connectivity index (χ0n) is 15.1. The molecule has 0 radical (unpaired) electrons. The Balaban J connectivity index is 1.68. The topological polar surface area (TPSA) is 158 Å². The van der Waals surface area contributed by atoms with E-state index < -0.39 is 20.9 Å². The van der Waals surface area contributed by atoms with Crippen molar-refractivity contribution in [2.45, 2.75) is 4.90 Å². The lowest BCUT2D eigenvalue weighted by Crippen LogP contribution is -2.33. The van der Waals surface area contributed by atoms with Gasteiger partial charge < -0.3 is 9.73 Å². The minimum Gasteiger partial charge on any atom is -0.451 e. The van der Waals surface area contributed by atoms with Crippen molar-refractivity contribution in [2.75, 3.05) is 5.32 Å². The van der Waals surface area contributed by atoms with Gasteiger partial charge >= 0.3 is 0 Å². The van der Waals surface area contributed by atoms with Gasteiger partial charge in [0.25, 0.3) is 11.6 Å². The number of amides is 1. The third kappa shape index (κ3) is 4.86. The first-order valence-electron chi connectivity index (χ1n) is 8.24. The Labute approximate surface area is 175 Å². The summed E-state index contributed by atoms with van der Waals surface area (Å²) in [5.41, 5.74) is 0.504. The first kappa shape index (κ1) is 21.1. The number of anilines is 1. The number of carbonyl (C=O) groups excluding carboxylic acids is 1. The van der Waals surface area contributed by atoms with Crippen LogP contribution in [0.25, 0.3) is 11.3 Å². The second-order valence-electron chi connectivity index (χ2n) is 5.92. The van der Waals surface area contributed by atoms with Gasteiger partial charge in [-0.1, -0.05) is 12.1 Å². The Kier molecular flexibility index (Phi) is 5.91. The highest BCUT2D eigenvalue weighted by Gasteiger charge is 2.19. The van der Waals surface area contributed by atoms with E-state index in [0.29, 0.717) is 5.69 Å². The zero-order valence-corrected chi connectivity index (χ0v) is 16.7. The van der Waals surface area contributed by atoms with Crippen molar-refractivity contribution in [1.82, 2.24) is 5.32 Å². The molecule has 3 aromatic rings. The maximum absolute atomic E-state index is 12.3. The summed E-state index contributed by atoms with van der Waals surface area (Å²) >= 11 is 5.06. The molecule has 12 heteroatoms. The summed E-state index contributed by atoms with van der Waals surface area (Å²) in [6.07, 6.45) is 0. The number of sulfonamides is 1. The van der Waals surface area contributed by atoms with Gasteiger partial charge in [-0.3, -0.25) is 20.2 Å². The van der Waals surface area contributed by atoms with E-state index in [-0.39, 0.29) is 32.8 Å². The van der Waals surface area contributed by atoms with Gasteiger partial charge in [0.15, 0.2) is 10.9 Å². The lowest BCUT2D eigenvalue weighted by Gasteiger charge is -2.09. The number of nitro groups is 1. The fourth-order valence-corrected chi connectivity index (χ4v) is 3.23. The standard InChI is InChI=1S/C18H14N4O6S2/c19-30(26,27)12-7-5-11(6-8-12)20-18(29)21-17(23)16-10-9-15(28-16)13-3-1-2-4-14(13)22(24)25/h1-10H,(H2,19,26,27)(H2,20,21,23,29). The number of nitrogens with two attached hydrogens (primary N) is 1. The first-order chi connectivity index (χ1) is 14.1. The van der Waals surface area contributed by atoms with Crippen molar-refractivity contribution >= 4 is 44.6 Å². The summed E-state index contributed by atoms with van der Waals surface area (Å²) in [5, 5.41) is 21.2. The van der Waals surface area contributed by atoms with Crippen LogP contribution in [-0.4, -0.2) is 24.4 Å². The SMILES string of the molecule is NS(=O)(=O)c1ccc(NC(=S)NC(=O)c2ccc(-c3ccccc3[N+](=O)[O-])o2)cc1. The Hall–Kier alpha value is -3.61. The van der Waals surface area contributed by atoms with Gasteiger partial charge in [-0.05, 0) is 54.7 Å². The van der Waals surface area contributed by atoms with Gasteiger partial charge in [0.2, 0.25) is 10.0 Å². The lowest BCUT2D eigenvalue weighted by molar-refractivity contribution is -0.384. The molecule has 0 saturated heterocycles. The summed E-state index contributed by atoms with van der Waals surface area (Å²) < 4.78 is 28.0. The van der Waals surface area contributed by atoms with Crippen molar-refractivity contribution in [3.8, 4) is 11.3 Å². The van der Waals surface area contributed by atoms with E-state index >= 15 is 0 Å². The fraction of sp³-hybridized carbons (Fsp3) is 0. The molecule has 0 bridgehead atoms. The minimum absolute atomic E-state index is 0.0630.